The third-order valence-electron chi connectivity index (χ3n) is 4.84. The lowest BCUT2D eigenvalue weighted by Crippen LogP contribution is -1.91. The second-order valence-electron chi connectivity index (χ2n) is 6.38. The number of pyridine rings is 1. The van der Waals surface area contributed by atoms with Crippen molar-refractivity contribution in [1.29, 1.82) is 0 Å². The predicted molar refractivity (Wildman–Crippen MR) is 104 cm³/mol. The lowest BCUT2D eigenvalue weighted by molar-refractivity contribution is 0.478. The van der Waals surface area contributed by atoms with Gasteiger partial charge in [0.2, 0.25) is 0 Å². The Morgan fingerprint density at radius 3 is 2.23 bits per heavy atom. The third kappa shape index (κ3) is 2.14. The molecule has 0 amide bonds. The molecule has 0 aliphatic carbocycles. The zero-order valence-corrected chi connectivity index (χ0v) is 13.8. The lowest BCUT2D eigenvalue weighted by atomic mass is 9.95. The molecule has 5 rings (SSSR count). The fourth-order valence-corrected chi connectivity index (χ4v) is 3.62. The van der Waals surface area contributed by atoms with Gasteiger partial charge in [-0.25, -0.2) is 4.39 Å². The molecule has 0 bridgehead atoms. The summed E-state index contributed by atoms with van der Waals surface area (Å²) < 4.78 is 15.0. The van der Waals surface area contributed by atoms with Gasteiger partial charge in [-0.05, 0) is 46.0 Å². The van der Waals surface area contributed by atoms with Crippen molar-refractivity contribution in [3.8, 4) is 16.9 Å². The second-order valence-corrected chi connectivity index (χ2v) is 6.38. The van der Waals surface area contributed by atoms with Gasteiger partial charge in [0.25, 0.3) is 0 Å². The molecule has 0 aliphatic heterocycles. The van der Waals surface area contributed by atoms with Crippen LogP contribution in [0.3, 0.4) is 0 Å². The minimum atomic E-state index is -0.339. The largest absolute Gasteiger partial charge is 0.507 e. The number of hydrogen-bond donors (Lipinski definition) is 1. The van der Waals surface area contributed by atoms with Crippen molar-refractivity contribution in [3.05, 3.63) is 84.8 Å². The van der Waals surface area contributed by atoms with E-state index in [4.69, 9.17) is 0 Å². The molecular formula is C23H14FNO. The minimum absolute atomic E-state index is 0.128. The first-order valence-electron chi connectivity index (χ1n) is 8.40. The Balaban J connectivity index is 1.91. The highest BCUT2D eigenvalue weighted by molar-refractivity contribution is 6.11. The number of rotatable bonds is 1. The van der Waals surface area contributed by atoms with E-state index >= 15 is 0 Å². The van der Waals surface area contributed by atoms with Gasteiger partial charge >= 0.3 is 0 Å². The first-order valence-corrected chi connectivity index (χ1v) is 8.40. The molecule has 0 saturated carbocycles. The number of hydrogen-bond acceptors (Lipinski definition) is 2. The van der Waals surface area contributed by atoms with Crippen molar-refractivity contribution in [1.82, 2.24) is 4.98 Å². The smallest absolute Gasteiger partial charge is 0.133 e. The fourth-order valence-electron chi connectivity index (χ4n) is 3.62. The molecule has 0 spiro atoms. The van der Waals surface area contributed by atoms with Crippen LogP contribution in [0, 0.1) is 5.82 Å². The molecule has 1 aromatic heterocycles. The molecule has 124 valence electrons. The highest BCUT2D eigenvalue weighted by Gasteiger charge is 2.15. The van der Waals surface area contributed by atoms with Gasteiger partial charge in [-0.2, -0.15) is 0 Å². The highest BCUT2D eigenvalue weighted by Crippen LogP contribution is 2.39. The monoisotopic (exact) mass is 339 g/mol. The molecule has 0 saturated heterocycles. The minimum Gasteiger partial charge on any atom is -0.507 e. The molecule has 1 N–H and O–H groups in total. The molecule has 0 fully saturated rings. The number of nitrogens with zero attached hydrogens (tertiary/aromatic N) is 1. The van der Waals surface area contributed by atoms with Crippen molar-refractivity contribution in [2.45, 2.75) is 0 Å². The summed E-state index contributed by atoms with van der Waals surface area (Å²) in [7, 11) is 0. The summed E-state index contributed by atoms with van der Waals surface area (Å²) in [5.41, 5.74) is 1.84. The molecule has 2 nitrogen and oxygen atoms in total. The molecule has 0 atom stereocenters. The van der Waals surface area contributed by atoms with Gasteiger partial charge in [-0.1, -0.05) is 48.5 Å². The van der Waals surface area contributed by atoms with E-state index in [1.165, 1.54) is 6.07 Å². The van der Waals surface area contributed by atoms with Crippen LogP contribution in [-0.2, 0) is 0 Å². The number of fused-ring (bicyclic) bond motifs is 4. The van der Waals surface area contributed by atoms with Crippen LogP contribution in [0.25, 0.3) is 43.6 Å². The van der Waals surface area contributed by atoms with Crippen molar-refractivity contribution in [2.75, 3.05) is 0 Å². The van der Waals surface area contributed by atoms with E-state index in [1.54, 1.807) is 18.3 Å². The third-order valence-corrected chi connectivity index (χ3v) is 4.84. The van der Waals surface area contributed by atoms with E-state index in [-0.39, 0.29) is 11.6 Å². The summed E-state index contributed by atoms with van der Waals surface area (Å²) in [5, 5.41) is 14.6. The summed E-state index contributed by atoms with van der Waals surface area (Å²) in [5.74, 6) is -0.210. The Morgan fingerprint density at radius 2 is 1.42 bits per heavy atom. The zero-order valence-electron chi connectivity index (χ0n) is 13.8. The lowest BCUT2D eigenvalue weighted by Gasteiger charge is -2.12. The van der Waals surface area contributed by atoms with Crippen LogP contribution in [-0.4, -0.2) is 10.1 Å². The predicted octanol–water partition coefficient (Wildman–Crippen LogP) is 6.05. The number of benzene rings is 4. The van der Waals surface area contributed by atoms with Crippen LogP contribution in [0.2, 0.25) is 0 Å². The van der Waals surface area contributed by atoms with Gasteiger partial charge in [0.05, 0.1) is 5.52 Å². The Kier molecular flexibility index (Phi) is 3.16. The standard InChI is InChI=1S/C23H14FNO/c24-20-12-16-7-3-4-8-17(16)23-22(20)18(9-10-25-23)19-11-14-5-1-2-6-15(14)13-21(19)26/h1-13,26H. The number of halogens is 1. The van der Waals surface area contributed by atoms with E-state index in [0.717, 1.165) is 21.5 Å². The zero-order chi connectivity index (χ0) is 17.7. The Bertz CT molecular complexity index is 1310. The summed E-state index contributed by atoms with van der Waals surface area (Å²) in [6.45, 7) is 0. The Morgan fingerprint density at radius 1 is 0.731 bits per heavy atom. The van der Waals surface area contributed by atoms with Gasteiger partial charge in [0, 0.05) is 22.5 Å². The summed E-state index contributed by atoms with van der Waals surface area (Å²) in [4.78, 5) is 4.43. The molecule has 26 heavy (non-hydrogen) atoms. The number of aromatic hydroxyl groups is 1. The Hall–Kier alpha value is -3.46. The topological polar surface area (TPSA) is 33.1 Å². The molecule has 1 heterocycles. The van der Waals surface area contributed by atoms with Gasteiger partial charge < -0.3 is 5.11 Å². The fraction of sp³-hybridized carbons (Fsp3) is 0. The van der Waals surface area contributed by atoms with E-state index in [1.807, 2.05) is 54.6 Å². The quantitative estimate of drug-likeness (QED) is 0.377. The van der Waals surface area contributed by atoms with Crippen molar-refractivity contribution >= 4 is 32.4 Å². The summed E-state index contributed by atoms with van der Waals surface area (Å²) in [6.07, 6.45) is 1.66. The average molecular weight is 339 g/mol. The molecule has 0 unspecified atom stereocenters. The average Bonchev–Trinajstić information content (AvgIpc) is 2.67. The molecule has 4 aromatic carbocycles. The maximum absolute atomic E-state index is 15.0. The van der Waals surface area contributed by atoms with Gasteiger partial charge in [0.1, 0.15) is 11.6 Å². The van der Waals surface area contributed by atoms with Crippen LogP contribution in [0.5, 0.6) is 5.75 Å². The van der Waals surface area contributed by atoms with Gasteiger partial charge in [0.15, 0.2) is 0 Å². The van der Waals surface area contributed by atoms with Crippen molar-refractivity contribution < 1.29 is 9.50 Å². The first kappa shape index (κ1) is 14.8. The van der Waals surface area contributed by atoms with E-state index in [2.05, 4.69) is 4.98 Å². The number of phenolic OH excluding ortho intramolecular Hbond substituents is 1. The van der Waals surface area contributed by atoms with E-state index in [9.17, 15) is 9.50 Å². The molecule has 3 heteroatoms. The summed E-state index contributed by atoms with van der Waals surface area (Å²) in [6, 6.07) is 22.3. The van der Waals surface area contributed by atoms with Crippen LogP contribution >= 0.6 is 0 Å². The van der Waals surface area contributed by atoms with Crippen LogP contribution in [0.4, 0.5) is 4.39 Å². The summed E-state index contributed by atoms with van der Waals surface area (Å²) >= 11 is 0. The second kappa shape index (κ2) is 5.53. The van der Waals surface area contributed by atoms with Crippen molar-refractivity contribution in [3.63, 3.8) is 0 Å². The van der Waals surface area contributed by atoms with Gasteiger partial charge in [-0.15, -0.1) is 0 Å². The molecule has 0 aliphatic rings. The van der Waals surface area contributed by atoms with Gasteiger partial charge in [-0.3, -0.25) is 4.98 Å². The van der Waals surface area contributed by atoms with E-state index in [0.29, 0.717) is 22.0 Å². The number of phenols is 1. The van der Waals surface area contributed by atoms with Crippen LogP contribution in [0.1, 0.15) is 0 Å². The number of aromatic nitrogens is 1. The molecular weight excluding hydrogens is 325 g/mol. The first-order chi connectivity index (χ1) is 12.7. The van der Waals surface area contributed by atoms with Crippen LogP contribution in [0.15, 0.2) is 79.0 Å². The Labute approximate surface area is 149 Å². The molecule has 5 aromatic rings. The van der Waals surface area contributed by atoms with Crippen molar-refractivity contribution in [2.24, 2.45) is 0 Å². The maximum atomic E-state index is 15.0. The van der Waals surface area contributed by atoms with E-state index < -0.39 is 0 Å². The van der Waals surface area contributed by atoms with Crippen LogP contribution < -0.4 is 0 Å². The maximum Gasteiger partial charge on any atom is 0.133 e. The highest BCUT2D eigenvalue weighted by atomic mass is 19.1. The normalized spacial score (nSPS) is 11.4. The molecule has 0 radical (unpaired) electrons. The SMILES string of the molecule is Oc1cc2ccccc2cc1-c1ccnc2c1c(F)cc1ccccc12.